The Morgan fingerprint density at radius 1 is 1.35 bits per heavy atom. The van der Waals surface area contributed by atoms with Gasteiger partial charge in [0.2, 0.25) is 0 Å². The molecule has 2 heterocycles. The molecule has 104 valence electrons. The van der Waals surface area contributed by atoms with Gasteiger partial charge in [0, 0.05) is 6.42 Å². The number of rotatable bonds is 5. The fraction of sp³-hybridized carbons (Fsp3) is 0.250. The summed E-state index contributed by atoms with van der Waals surface area (Å²) in [6.45, 7) is 1.59. The van der Waals surface area contributed by atoms with Crippen LogP contribution in [0, 0.1) is 0 Å². The highest BCUT2D eigenvalue weighted by Gasteiger charge is 2.15. The smallest absolute Gasteiger partial charge is 0.358 e. The van der Waals surface area contributed by atoms with Crippen LogP contribution in [0.5, 0.6) is 0 Å². The van der Waals surface area contributed by atoms with Gasteiger partial charge in [-0.2, -0.15) is 0 Å². The Hall–Kier alpha value is -2.61. The second-order valence-corrected chi connectivity index (χ2v) is 4.17. The van der Waals surface area contributed by atoms with Gasteiger partial charge in [-0.05, 0) is 6.92 Å². The van der Waals surface area contributed by atoms with E-state index >= 15 is 0 Å². The minimum Gasteiger partial charge on any atom is -0.476 e. The molecule has 20 heavy (non-hydrogen) atoms. The van der Waals surface area contributed by atoms with Gasteiger partial charge in [-0.1, -0.05) is 0 Å². The van der Waals surface area contributed by atoms with Crippen LogP contribution in [0.2, 0.25) is 0 Å². The lowest BCUT2D eigenvalue weighted by atomic mass is 10.2. The number of carboxylic acid groups (broad SMARTS) is 1. The highest BCUT2D eigenvalue weighted by Crippen LogP contribution is 2.16. The van der Waals surface area contributed by atoms with Gasteiger partial charge < -0.3 is 15.5 Å². The Morgan fingerprint density at radius 3 is 2.65 bits per heavy atom. The molecular weight excluding hydrogens is 262 g/mol. The van der Waals surface area contributed by atoms with Crippen LogP contribution in [0.3, 0.4) is 0 Å². The standard InChI is InChI=1S/C12H13N5O3/c1-7(18)2-8-5-15-11(10(16-8)12(19)20)17-9-3-13-6-14-4-9/h3-7,18H,2H2,1H3,(H,15,17)(H,19,20). The summed E-state index contributed by atoms with van der Waals surface area (Å²) in [5.74, 6) is -1.11. The minimum atomic E-state index is -1.20. The maximum absolute atomic E-state index is 11.2. The normalized spacial score (nSPS) is 11.9. The second kappa shape index (κ2) is 6.02. The number of anilines is 2. The highest BCUT2D eigenvalue weighted by atomic mass is 16.4. The molecule has 1 unspecified atom stereocenters. The number of carbonyl (C=O) groups is 1. The van der Waals surface area contributed by atoms with Crippen molar-refractivity contribution in [2.24, 2.45) is 0 Å². The van der Waals surface area contributed by atoms with E-state index in [2.05, 4.69) is 25.3 Å². The molecule has 0 aromatic carbocycles. The van der Waals surface area contributed by atoms with Crippen molar-refractivity contribution in [3.63, 3.8) is 0 Å². The zero-order valence-corrected chi connectivity index (χ0v) is 10.7. The van der Waals surface area contributed by atoms with E-state index in [1.54, 1.807) is 6.92 Å². The van der Waals surface area contributed by atoms with E-state index in [1.165, 1.54) is 24.9 Å². The zero-order valence-electron chi connectivity index (χ0n) is 10.7. The number of aromatic nitrogens is 4. The van der Waals surface area contributed by atoms with E-state index in [4.69, 9.17) is 5.11 Å². The number of aromatic carboxylic acids is 1. The second-order valence-electron chi connectivity index (χ2n) is 4.17. The van der Waals surface area contributed by atoms with Crippen LogP contribution in [0.25, 0.3) is 0 Å². The van der Waals surface area contributed by atoms with Gasteiger partial charge in [-0.25, -0.2) is 24.7 Å². The van der Waals surface area contributed by atoms with Gasteiger partial charge in [-0.3, -0.25) is 0 Å². The molecule has 0 aliphatic carbocycles. The van der Waals surface area contributed by atoms with E-state index in [1.807, 2.05) is 0 Å². The van der Waals surface area contributed by atoms with Crippen molar-refractivity contribution >= 4 is 17.5 Å². The lowest BCUT2D eigenvalue weighted by Crippen LogP contribution is -2.13. The average Bonchev–Trinajstić information content (AvgIpc) is 2.41. The Kier molecular flexibility index (Phi) is 4.16. The summed E-state index contributed by atoms with van der Waals surface area (Å²) >= 11 is 0. The maximum atomic E-state index is 11.2. The summed E-state index contributed by atoms with van der Waals surface area (Å²) in [6, 6.07) is 0. The number of aliphatic hydroxyl groups is 1. The Morgan fingerprint density at radius 2 is 2.05 bits per heavy atom. The molecule has 8 nitrogen and oxygen atoms in total. The van der Waals surface area contributed by atoms with Crippen LogP contribution in [-0.4, -0.2) is 42.2 Å². The van der Waals surface area contributed by atoms with Gasteiger partial charge in [-0.15, -0.1) is 0 Å². The molecule has 0 aliphatic rings. The van der Waals surface area contributed by atoms with Gasteiger partial charge in [0.1, 0.15) is 6.33 Å². The van der Waals surface area contributed by atoms with E-state index < -0.39 is 12.1 Å². The molecule has 0 amide bonds. The molecule has 0 saturated carbocycles. The van der Waals surface area contributed by atoms with Crippen LogP contribution in [0.4, 0.5) is 11.5 Å². The third kappa shape index (κ3) is 3.45. The molecule has 0 spiro atoms. The zero-order chi connectivity index (χ0) is 14.5. The number of nitrogens with zero attached hydrogens (tertiary/aromatic N) is 4. The van der Waals surface area contributed by atoms with Crippen molar-refractivity contribution in [2.45, 2.75) is 19.4 Å². The lowest BCUT2D eigenvalue weighted by molar-refractivity contribution is 0.0690. The minimum absolute atomic E-state index is 0.0987. The molecule has 2 rings (SSSR count). The predicted molar refractivity (Wildman–Crippen MR) is 69.7 cm³/mol. The number of hydrogen-bond acceptors (Lipinski definition) is 7. The van der Waals surface area contributed by atoms with Gasteiger partial charge in [0.25, 0.3) is 0 Å². The van der Waals surface area contributed by atoms with Crippen molar-refractivity contribution in [1.82, 2.24) is 19.9 Å². The summed E-state index contributed by atoms with van der Waals surface area (Å²) in [6.07, 6.45) is 5.38. The summed E-state index contributed by atoms with van der Waals surface area (Å²) in [4.78, 5) is 26.8. The number of hydrogen-bond donors (Lipinski definition) is 3. The van der Waals surface area contributed by atoms with Crippen molar-refractivity contribution in [3.8, 4) is 0 Å². The van der Waals surface area contributed by atoms with E-state index in [9.17, 15) is 9.90 Å². The maximum Gasteiger partial charge on any atom is 0.358 e. The predicted octanol–water partition coefficient (Wildman–Crippen LogP) is 0.632. The molecule has 0 saturated heterocycles. The van der Waals surface area contributed by atoms with Gasteiger partial charge in [0.15, 0.2) is 11.5 Å². The van der Waals surface area contributed by atoms with Crippen LogP contribution in [0.1, 0.15) is 23.1 Å². The number of carboxylic acids is 1. The third-order valence-corrected chi connectivity index (χ3v) is 2.35. The fourth-order valence-electron chi connectivity index (χ4n) is 1.57. The summed E-state index contributed by atoms with van der Waals surface area (Å²) in [5, 5.41) is 21.3. The average molecular weight is 275 g/mol. The quantitative estimate of drug-likeness (QED) is 0.726. The first kappa shape index (κ1) is 13.8. The van der Waals surface area contributed by atoms with Crippen LogP contribution < -0.4 is 5.32 Å². The molecule has 1 atom stereocenters. The molecule has 0 aliphatic heterocycles. The summed E-state index contributed by atoms with van der Waals surface area (Å²) in [5.41, 5.74) is 0.701. The van der Waals surface area contributed by atoms with Crippen LogP contribution in [-0.2, 0) is 6.42 Å². The number of nitrogens with one attached hydrogen (secondary N) is 1. The summed E-state index contributed by atoms with van der Waals surface area (Å²) < 4.78 is 0. The topological polar surface area (TPSA) is 121 Å². The first-order valence-electron chi connectivity index (χ1n) is 5.85. The Bertz CT molecular complexity index is 603. The SMILES string of the molecule is CC(O)Cc1cnc(Nc2cncnc2)c(C(=O)O)n1. The molecule has 0 bridgehead atoms. The van der Waals surface area contributed by atoms with Gasteiger partial charge in [0.05, 0.1) is 36.1 Å². The third-order valence-electron chi connectivity index (χ3n) is 2.35. The van der Waals surface area contributed by atoms with Crippen LogP contribution in [0.15, 0.2) is 24.9 Å². The first-order valence-corrected chi connectivity index (χ1v) is 5.85. The van der Waals surface area contributed by atoms with Crippen molar-refractivity contribution in [2.75, 3.05) is 5.32 Å². The Balaban J connectivity index is 2.30. The first-order chi connectivity index (χ1) is 9.56. The van der Waals surface area contributed by atoms with E-state index in [0.29, 0.717) is 11.4 Å². The molecular formula is C12H13N5O3. The van der Waals surface area contributed by atoms with Crippen molar-refractivity contribution in [3.05, 3.63) is 36.3 Å². The largest absolute Gasteiger partial charge is 0.476 e. The van der Waals surface area contributed by atoms with E-state index in [-0.39, 0.29) is 17.9 Å². The van der Waals surface area contributed by atoms with E-state index in [0.717, 1.165) is 0 Å². The number of aliphatic hydroxyl groups excluding tert-OH is 1. The molecule has 0 fully saturated rings. The Labute approximate surface area is 114 Å². The fourth-order valence-corrected chi connectivity index (χ4v) is 1.57. The molecule has 0 radical (unpaired) electrons. The summed E-state index contributed by atoms with van der Waals surface area (Å²) in [7, 11) is 0. The lowest BCUT2D eigenvalue weighted by Gasteiger charge is -2.09. The monoisotopic (exact) mass is 275 g/mol. The highest BCUT2D eigenvalue weighted by molar-refractivity contribution is 5.91. The van der Waals surface area contributed by atoms with Crippen molar-refractivity contribution in [1.29, 1.82) is 0 Å². The molecule has 2 aromatic heterocycles. The van der Waals surface area contributed by atoms with Gasteiger partial charge >= 0.3 is 5.97 Å². The molecule has 3 N–H and O–H groups in total. The van der Waals surface area contributed by atoms with Crippen LogP contribution >= 0.6 is 0 Å². The van der Waals surface area contributed by atoms with Crippen molar-refractivity contribution < 1.29 is 15.0 Å². The molecule has 8 heteroatoms. The molecule has 2 aromatic rings.